The van der Waals surface area contributed by atoms with Crippen LogP contribution in [0.5, 0.6) is 0 Å². The summed E-state index contributed by atoms with van der Waals surface area (Å²) in [6.07, 6.45) is 6.89. The molecular weight excluding hydrogens is 220 g/mol. The van der Waals surface area contributed by atoms with Gasteiger partial charge in [-0.3, -0.25) is 14.3 Å². The van der Waals surface area contributed by atoms with Crippen LogP contribution in [0.25, 0.3) is 11.2 Å². The quantitative estimate of drug-likeness (QED) is 0.780. The summed E-state index contributed by atoms with van der Waals surface area (Å²) in [6, 6.07) is 0.172. The van der Waals surface area contributed by atoms with Crippen molar-refractivity contribution in [3.63, 3.8) is 0 Å². The number of nitrogens with zero attached hydrogens (tertiary/aromatic N) is 3. The van der Waals surface area contributed by atoms with Gasteiger partial charge in [0.15, 0.2) is 0 Å². The molecule has 1 aliphatic carbocycles. The second kappa shape index (κ2) is 3.80. The highest BCUT2D eigenvalue weighted by Gasteiger charge is 2.20. The van der Waals surface area contributed by atoms with E-state index in [1.165, 1.54) is 12.4 Å². The highest BCUT2D eigenvalue weighted by molar-refractivity contribution is 5.68. The topological polar surface area (TPSA) is 80.6 Å². The van der Waals surface area contributed by atoms with Crippen LogP contribution >= 0.6 is 0 Å². The number of nitrogens with one attached hydrogen (secondary N) is 1. The van der Waals surface area contributed by atoms with E-state index in [1.807, 2.05) is 0 Å². The molecule has 2 heterocycles. The Morgan fingerprint density at radius 1 is 1.18 bits per heavy atom. The van der Waals surface area contributed by atoms with Gasteiger partial charge in [0, 0.05) is 6.04 Å². The molecule has 88 valence electrons. The average molecular weight is 232 g/mol. The molecule has 1 fully saturated rings. The summed E-state index contributed by atoms with van der Waals surface area (Å²) in [7, 11) is 0. The fraction of sp³-hybridized carbons (Fsp3) is 0.455. The van der Waals surface area contributed by atoms with Crippen LogP contribution in [0.1, 0.15) is 31.7 Å². The van der Waals surface area contributed by atoms with E-state index in [1.54, 1.807) is 4.57 Å². The van der Waals surface area contributed by atoms with Crippen LogP contribution in [-0.2, 0) is 0 Å². The van der Waals surface area contributed by atoms with E-state index < -0.39 is 5.69 Å². The number of aromatic amines is 1. The number of aromatic nitrogens is 4. The summed E-state index contributed by atoms with van der Waals surface area (Å²) in [5.41, 5.74) is 0.434. The van der Waals surface area contributed by atoms with E-state index in [-0.39, 0.29) is 11.6 Å². The number of H-pyrrole nitrogens is 1. The number of fused-ring (bicyclic) bond motifs is 1. The van der Waals surface area contributed by atoms with Gasteiger partial charge in [0.2, 0.25) is 0 Å². The van der Waals surface area contributed by atoms with Gasteiger partial charge in [-0.15, -0.1) is 0 Å². The van der Waals surface area contributed by atoms with Crippen molar-refractivity contribution in [2.45, 2.75) is 31.7 Å². The van der Waals surface area contributed by atoms with Crippen molar-refractivity contribution in [2.24, 2.45) is 0 Å². The van der Waals surface area contributed by atoms with Crippen LogP contribution in [0.15, 0.2) is 22.0 Å². The van der Waals surface area contributed by atoms with E-state index in [0.717, 1.165) is 25.7 Å². The lowest BCUT2D eigenvalue weighted by Crippen LogP contribution is -2.26. The predicted octanol–water partition coefficient (Wildman–Crippen LogP) is 0.595. The molecule has 0 aromatic carbocycles. The average Bonchev–Trinajstić information content (AvgIpc) is 2.82. The molecule has 17 heavy (non-hydrogen) atoms. The molecule has 1 N–H and O–H groups in total. The predicted molar refractivity (Wildman–Crippen MR) is 61.9 cm³/mol. The van der Waals surface area contributed by atoms with Crippen molar-refractivity contribution >= 4 is 11.2 Å². The summed E-state index contributed by atoms with van der Waals surface area (Å²) in [5.74, 6) is 0. The largest absolute Gasteiger partial charge is 0.346 e. The molecule has 1 saturated carbocycles. The molecule has 0 aliphatic heterocycles. The Labute approximate surface area is 96.3 Å². The van der Waals surface area contributed by atoms with Gasteiger partial charge in [0.25, 0.3) is 5.56 Å². The summed E-state index contributed by atoms with van der Waals surface area (Å²) in [4.78, 5) is 33.4. The third kappa shape index (κ3) is 1.65. The zero-order valence-corrected chi connectivity index (χ0v) is 9.22. The van der Waals surface area contributed by atoms with Gasteiger partial charge in [-0.2, -0.15) is 4.98 Å². The molecule has 2 aromatic heterocycles. The van der Waals surface area contributed by atoms with Crippen LogP contribution in [0, 0.1) is 0 Å². The van der Waals surface area contributed by atoms with Crippen molar-refractivity contribution in [2.75, 3.05) is 0 Å². The molecule has 0 bridgehead atoms. The first-order valence-electron chi connectivity index (χ1n) is 5.72. The zero-order chi connectivity index (χ0) is 11.8. The van der Waals surface area contributed by atoms with E-state index in [9.17, 15) is 9.59 Å². The van der Waals surface area contributed by atoms with Gasteiger partial charge in [-0.25, -0.2) is 9.78 Å². The maximum atomic E-state index is 11.9. The molecule has 0 spiro atoms. The van der Waals surface area contributed by atoms with E-state index in [4.69, 9.17) is 0 Å². The Kier molecular flexibility index (Phi) is 2.28. The molecule has 0 amide bonds. The Hall–Kier alpha value is -1.98. The Bertz CT molecular complexity index is 662. The van der Waals surface area contributed by atoms with Crippen LogP contribution < -0.4 is 11.2 Å². The van der Waals surface area contributed by atoms with Crippen LogP contribution in [0.4, 0.5) is 0 Å². The number of hydrogen-bond donors (Lipinski definition) is 1. The smallest absolute Gasteiger partial charge is 0.290 e. The zero-order valence-electron chi connectivity index (χ0n) is 9.22. The van der Waals surface area contributed by atoms with Crippen LogP contribution in [0.3, 0.4) is 0 Å². The summed E-state index contributed by atoms with van der Waals surface area (Å²) >= 11 is 0. The van der Waals surface area contributed by atoms with Gasteiger partial charge in [0.05, 0.1) is 12.4 Å². The van der Waals surface area contributed by atoms with Crippen molar-refractivity contribution in [3.8, 4) is 0 Å². The van der Waals surface area contributed by atoms with Crippen molar-refractivity contribution in [3.05, 3.63) is 33.2 Å². The molecule has 6 nitrogen and oxygen atoms in total. The van der Waals surface area contributed by atoms with Crippen molar-refractivity contribution in [1.29, 1.82) is 0 Å². The molecule has 0 saturated heterocycles. The maximum absolute atomic E-state index is 11.9. The summed E-state index contributed by atoms with van der Waals surface area (Å²) in [6.45, 7) is 0. The Balaban J connectivity index is 2.33. The minimum Gasteiger partial charge on any atom is -0.290 e. The van der Waals surface area contributed by atoms with Gasteiger partial charge in [0.1, 0.15) is 11.2 Å². The molecule has 0 unspecified atom stereocenters. The minimum atomic E-state index is -0.448. The molecular formula is C11H12N4O2. The first-order chi connectivity index (χ1) is 8.25. The highest BCUT2D eigenvalue weighted by atomic mass is 16.1. The second-order valence-corrected chi connectivity index (χ2v) is 4.33. The SMILES string of the molecule is O=c1ncc2ncc(=O)n(C3CCCC3)c2[nH]1. The number of rotatable bonds is 1. The normalized spacial score (nSPS) is 16.7. The van der Waals surface area contributed by atoms with E-state index in [0.29, 0.717) is 11.2 Å². The molecule has 2 aromatic rings. The fourth-order valence-corrected chi connectivity index (χ4v) is 2.48. The molecule has 1 aliphatic rings. The maximum Gasteiger partial charge on any atom is 0.346 e. The standard InChI is InChI=1S/C11H12N4O2/c16-9-6-12-8-5-13-11(17)14-10(8)15(9)7-3-1-2-4-7/h5-7H,1-4H2,(H,13,14,17). The van der Waals surface area contributed by atoms with E-state index in [2.05, 4.69) is 15.0 Å². The van der Waals surface area contributed by atoms with Crippen molar-refractivity contribution in [1.82, 2.24) is 19.5 Å². The molecule has 3 rings (SSSR count). The Morgan fingerprint density at radius 3 is 2.71 bits per heavy atom. The lowest BCUT2D eigenvalue weighted by Gasteiger charge is -2.14. The summed E-state index contributed by atoms with van der Waals surface area (Å²) < 4.78 is 1.65. The first kappa shape index (κ1) is 10.2. The lowest BCUT2D eigenvalue weighted by atomic mass is 10.2. The van der Waals surface area contributed by atoms with Gasteiger partial charge >= 0.3 is 5.69 Å². The first-order valence-corrected chi connectivity index (χ1v) is 5.72. The molecule has 6 heteroatoms. The van der Waals surface area contributed by atoms with Gasteiger partial charge in [-0.05, 0) is 12.8 Å². The number of hydrogen-bond acceptors (Lipinski definition) is 4. The third-order valence-corrected chi connectivity index (χ3v) is 3.25. The van der Waals surface area contributed by atoms with E-state index >= 15 is 0 Å². The molecule has 0 radical (unpaired) electrons. The van der Waals surface area contributed by atoms with Crippen LogP contribution in [-0.4, -0.2) is 19.5 Å². The van der Waals surface area contributed by atoms with Gasteiger partial charge < -0.3 is 0 Å². The molecule has 0 atom stereocenters. The Morgan fingerprint density at radius 2 is 1.94 bits per heavy atom. The van der Waals surface area contributed by atoms with Crippen LogP contribution in [0.2, 0.25) is 0 Å². The van der Waals surface area contributed by atoms with Crippen molar-refractivity contribution < 1.29 is 0 Å². The third-order valence-electron chi connectivity index (χ3n) is 3.25. The van der Waals surface area contributed by atoms with Gasteiger partial charge in [-0.1, -0.05) is 12.8 Å². The minimum absolute atomic E-state index is 0.161. The second-order valence-electron chi connectivity index (χ2n) is 4.33. The summed E-state index contributed by atoms with van der Waals surface area (Å²) in [5, 5.41) is 0. The monoisotopic (exact) mass is 232 g/mol. The fourth-order valence-electron chi connectivity index (χ4n) is 2.48. The highest BCUT2D eigenvalue weighted by Crippen LogP contribution is 2.29. The lowest BCUT2D eigenvalue weighted by molar-refractivity contribution is 0.513.